The first-order chi connectivity index (χ1) is 14.9. The molecule has 9 heteroatoms. The Hall–Kier alpha value is -3.65. The monoisotopic (exact) mass is 444 g/mol. The SMILES string of the molecule is C=CCOc1c(Cl)cc(/C=C2\C(=O)NC(=O)N(c3ccccc3F)C2=O)cc1OCC. The van der Waals surface area contributed by atoms with Crippen molar-refractivity contribution in [3.05, 3.63) is 71.0 Å². The normalized spacial score (nSPS) is 15.1. The van der Waals surface area contributed by atoms with Gasteiger partial charge in [-0.25, -0.2) is 14.1 Å². The number of urea groups is 1. The van der Waals surface area contributed by atoms with E-state index in [0.717, 1.165) is 6.07 Å². The number of para-hydroxylation sites is 1. The average molecular weight is 445 g/mol. The molecule has 0 saturated carbocycles. The smallest absolute Gasteiger partial charge is 0.336 e. The predicted molar refractivity (Wildman–Crippen MR) is 114 cm³/mol. The second-order valence-corrected chi connectivity index (χ2v) is 6.68. The number of nitrogens with one attached hydrogen (secondary N) is 1. The van der Waals surface area contributed by atoms with Crippen molar-refractivity contribution >= 4 is 41.2 Å². The lowest BCUT2D eigenvalue weighted by atomic mass is 10.1. The van der Waals surface area contributed by atoms with Gasteiger partial charge in [-0.15, -0.1) is 0 Å². The molecule has 0 aromatic heterocycles. The zero-order valence-corrected chi connectivity index (χ0v) is 17.2. The van der Waals surface area contributed by atoms with E-state index in [0.29, 0.717) is 22.8 Å². The van der Waals surface area contributed by atoms with Crippen molar-refractivity contribution in [2.24, 2.45) is 0 Å². The number of rotatable bonds is 7. The van der Waals surface area contributed by atoms with Crippen LogP contribution in [-0.2, 0) is 9.59 Å². The molecule has 1 aliphatic heterocycles. The van der Waals surface area contributed by atoms with Crippen LogP contribution >= 0.6 is 11.6 Å². The van der Waals surface area contributed by atoms with Crippen molar-refractivity contribution in [3.63, 3.8) is 0 Å². The van der Waals surface area contributed by atoms with Crippen LogP contribution < -0.4 is 19.7 Å². The largest absolute Gasteiger partial charge is 0.490 e. The maximum absolute atomic E-state index is 14.2. The van der Waals surface area contributed by atoms with E-state index < -0.39 is 23.7 Å². The third kappa shape index (κ3) is 4.59. The van der Waals surface area contributed by atoms with Gasteiger partial charge in [0.1, 0.15) is 18.0 Å². The Bertz CT molecular complexity index is 1100. The molecule has 2 aromatic rings. The van der Waals surface area contributed by atoms with Gasteiger partial charge < -0.3 is 9.47 Å². The van der Waals surface area contributed by atoms with E-state index in [1.54, 1.807) is 13.0 Å². The summed E-state index contributed by atoms with van der Waals surface area (Å²) in [6, 6.07) is 7.21. The van der Waals surface area contributed by atoms with Crippen molar-refractivity contribution in [1.29, 1.82) is 0 Å². The molecule has 0 spiro atoms. The lowest BCUT2D eigenvalue weighted by Gasteiger charge is -2.26. The molecule has 7 nitrogen and oxygen atoms in total. The summed E-state index contributed by atoms with van der Waals surface area (Å²) < 4.78 is 25.2. The maximum Gasteiger partial charge on any atom is 0.336 e. The minimum absolute atomic E-state index is 0.186. The van der Waals surface area contributed by atoms with E-state index in [-0.39, 0.29) is 28.6 Å². The minimum atomic E-state index is -1.04. The zero-order chi connectivity index (χ0) is 22.5. The van der Waals surface area contributed by atoms with Crippen molar-refractivity contribution in [2.75, 3.05) is 18.1 Å². The number of hydrogen-bond donors (Lipinski definition) is 1. The van der Waals surface area contributed by atoms with Crippen LogP contribution in [0.2, 0.25) is 5.02 Å². The summed E-state index contributed by atoms with van der Waals surface area (Å²) >= 11 is 6.30. The molecule has 1 aliphatic rings. The molecule has 1 saturated heterocycles. The average Bonchev–Trinajstić information content (AvgIpc) is 2.72. The number of benzene rings is 2. The molecule has 31 heavy (non-hydrogen) atoms. The van der Waals surface area contributed by atoms with E-state index in [4.69, 9.17) is 21.1 Å². The summed E-state index contributed by atoms with van der Waals surface area (Å²) in [6.07, 6.45) is 2.78. The highest BCUT2D eigenvalue weighted by atomic mass is 35.5. The maximum atomic E-state index is 14.2. The van der Waals surface area contributed by atoms with Gasteiger partial charge in [0.15, 0.2) is 11.5 Å². The summed E-state index contributed by atoms with van der Waals surface area (Å²) in [5.41, 5.74) is -0.300. The standard InChI is InChI=1S/C22H18ClFN2O5/c1-3-9-31-19-15(23)11-13(12-18(19)30-4-2)10-14-20(27)25-22(29)26(21(14)28)17-8-6-5-7-16(17)24/h3,5-8,10-12H,1,4,9H2,2H3,(H,25,27,29)/b14-10+. The van der Waals surface area contributed by atoms with E-state index in [9.17, 15) is 18.8 Å². The van der Waals surface area contributed by atoms with E-state index in [1.807, 2.05) is 5.32 Å². The number of ether oxygens (including phenoxy) is 2. The number of carbonyl (C=O) groups excluding carboxylic acids is 3. The van der Waals surface area contributed by atoms with Crippen LogP contribution in [-0.4, -0.2) is 31.1 Å². The van der Waals surface area contributed by atoms with E-state index >= 15 is 0 Å². The highest BCUT2D eigenvalue weighted by molar-refractivity contribution is 6.39. The molecule has 0 aliphatic carbocycles. The lowest BCUT2D eigenvalue weighted by Crippen LogP contribution is -2.54. The van der Waals surface area contributed by atoms with Gasteiger partial charge in [0.05, 0.1) is 17.3 Å². The molecule has 0 radical (unpaired) electrons. The molecule has 4 amide bonds. The van der Waals surface area contributed by atoms with Crippen LogP contribution in [0.15, 0.2) is 54.6 Å². The Balaban J connectivity index is 2.04. The highest BCUT2D eigenvalue weighted by Gasteiger charge is 2.38. The first-order valence-electron chi connectivity index (χ1n) is 9.23. The summed E-state index contributed by atoms with van der Waals surface area (Å²) in [4.78, 5) is 38.0. The molecule has 3 rings (SSSR count). The predicted octanol–water partition coefficient (Wildman–Crippen LogP) is 4.11. The second kappa shape index (κ2) is 9.44. The first kappa shape index (κ1) is 22.0. The molecular formula is C22H18ClFN2O5. The van der Waals surface area contributed by atoms with E-state index in [1.165, 1.54) is 36.4 Å². The van der Waals surface area contributed by atoms with Gasteiger partial charge in [-0.3, -0.25) is 14.9 Å². The number of nitrogens with zero attached hydrogens (tertiary/aromatic N) is 1. The molecule has 0 bridgehead atoms. The van der Waals surface area contributed by atoms with Gasteiger partial charge in [-0.1, -0.05) is 36.4 Å². The van der Waals surface area contributed by atoms with Gasteiger partial charge in [0, 0.05) is 0 Å². The van der Waals surface area contributed by atoms with Gasteiger partial charge in [-0.2, -0.15) is 0 Å². The van der Waals surface area contributed by atoms with Gasteiger partial charge in [0.2, 0.25) is 0 Å². The number of carbonyl (C=O) groups is 3. The lowest BCUT2D eigenvalue weighted by molar-refractivity contribution is -0.122. The number of anilines is 1. The Morgan fingerprint density at radius 3 is 2.61 bits per heavy atom. The molecule has 2 aromatic carbocycles. The Morgan fingerprint density at radius 2 is 1.94 bits per heavy atom. The third-order valence-electron chi connectivity index (χ3n) is 4.18. The van der Waals surface area contributed by atoms with Crippen molar-refractivity contribution in [2.45, 2.75) is 6.92 Å². The van der Waals surface area contributed by atoms with E-state index in [2.05, 4.69) is 6.58 Å². The highest BCUT2D eigenvalue weighted by Crippen LogP contribution is 2.37. The topological polar surface area (TPSA) is 84.9 Å². The van der Waals surface area contributed by atoms with Crippen LogP contribution in [0.4, 0.5) is 14.9 Å². The number of hydrogen-bond acceptors (Lipinski definition) is 5. The zero-order valence-electron chi connectivity index (χ0n) is 16.5. The number of halogens is 2. The molecule has 0 unspecified atom stereocenters. The van der Waals surface area contributed by atoms with Crippen LogP contribution in [0.25, 0.3) is 6.08 Å². The second-order valence-electron chi connectivity index (χ2n) is 6.27. The molecule has 1 N–H and O–H groups in total. The summed E-state index contributed by atoms with van der Waals surface area (Å²) in [6.45, 7) is 5.86. The Labute approximate surface area is 182 Å². The molecule has 1 heterocycles. The molecule has 0 atom stereocenters. The fourth-order valence-corrected chi connectivity index (χ4v) is 3.17. The number of barbiturate groups is 1. The van der Waals surface area contributed by atoms with Crippen molar-refractivity contribution in [1.82, 2.24) is 5.32 Å². The van der Waals surface area contributed by atoms with Crippen LogP contribution in [0.5, 0.6) is 11.5 Å². The van der Waals surface area contributed by atoms with Gasteiger partial charge in [-0.05, 0) is 42.8 Å². The van der Waals surface area contributed by atoms with Crippen molar-refractivity contribution in [3.8, 4) is 11.5 Å². The Kier molecular flexibility index (Phi) is 6.71. The van der Waals surface area contributed by atoms with Crippen LogP contribution in [0, 0.1) is 5.82 Å². The van der Waals surface area contributed by atoms with Gasteiger partial charge in [0.25, 0.3) is 11.8 Å². The summed E-state index contributed by atoms with van der Waals surface area (Å²) in [7, 11) is 0. The number of amides is 4. The third-order valence-corrected chi connectivity index (χ3v) is 4.46. The fraction of sp³-hybridized carbons (Fsp3) is 0.136. The quantitative estimate of drug-likeness (QED) is 0.394. The fourth-order valence-electron chi connectivity index (χ4n) is 2.89. The number of imide groups is 2. The summed E-state index contributed by atoms with van der Waals surface area (Å²) in [5.74, 6) is -2.09. The van der Waals surface area contributed by atoms with Gasteiger partial charge >= 0.3 is 6.03 Å². The molecule has 160 valence electrons. The van der Waals surface area contributed by atoms with Crippen LogP contribution in [0.3, 0.4) is 0 Å². The minimum Gasteiger partial charge on any atom is -0.490 e. The Morgan fingerprint density at radius 1 is 1.19 bits per heavy atom. The van der Waals surface area contributed by atoms with Crippen LogP contribution in [0.1, 0.15) is 12.5 Å². The first-order valence-corrected chi connectivity index (χ1v) is 9.61. The summed E-state index contributed by atoms with van der Waals surface area (Å²) in [5, 5.41) is 2.23. The van der Waals surface area contributed by atoms with Crippen molar-refractivity contribution < 1.29 is 28.2 Å². The molecule has 1 fully saturated rings. The molecular weight excluding hydrogens is 427 g/mol.